The molecular weight excluding hydrogens is 504 g/mol. The number of ether oxygens (including phenoxy) is 2. The molecule has 0 fully saturated rings. The number of carbonyl (C=O) groups excluding carboxylic acids is 2. The second-order valence-electron chi connectivity index (χ2n) is 8.05. The summed E-state index contributed by atoms with van der Waals surface area (Å²) in [5, 5.41) is 2.00. The number of hydrogen-bond acceptors (Lipinski definition) is 5. The predicted molar refractivity (Wildman–Crippen MR) is 131 cm³/mol. The Bertz CT molecular complexity index is 1120. The Balaban J connectivity index is 1.54. The van der Waals surface area contributed by atoms with Gasteiger partial charge >= 0.3 is 0 Å². The molecule has 0 spiro atoms. The topological polar surface area (TPSA) is 59.1 Å². The fourth-order valence-electron chi connectivity index (χ4n) is 3.58. The molecule has 2 amide bonds. The Morgan fingerprint density at radius 3 is 2.48 bits per heavy atom. The van der Waals surface area contributed by atoms with E-state index in [1.807, 2.05) is 61.7 Å². The molecule has 1 aliphatic heterocycles. The molecule has 2 aromatic carbocycles. The van der Waals surface area contributed by atoms with Gasteiger partial charge in [0.25, 0.3) is 5.91 Å². The number of nitrogens with zero attached hydrogens (tertiary/aromatic N) is 2. The predicted octanol–water partition coefficient (Wildman–Crippen LogP) is 5.32. The van der Waals surface area contributed by atoms with E-state index in [1.54, 1.807) is 33.3 Å². The lowest BCUT2D eigenvalue weighted by Gasteiger charge is -2.30. The Kier molecular flexibility index (Phi) is 7.35. The molecule has 0 saturated carbocycles. The van der Waals surface area contributed by atoms with Crippen LogP contribution in [0, 0.1) is 0 Å². The lowest BCUT2D eigenvalue weighted by atomic mass is 10.1. The summed E-state index contributed by atoms with van der Waals surface area (Å²) in [7, 11) is 0. The Morgan fingerprint density at radius 2 is 1.79 bits per heavy atom. The highest BCUT2D eigenvalue weighted by molar-refractivity contribution is 9.10. The first-order valence-corrected chi connectivity index (χ1v) is 12.3. The number of benzene rings is 2. The van der Waals surface area contributed by atoms with Gasteiger partial charge in [-0.2, -0.15) is 0 Å². The summed E-state index contributed by atoms with van der Waals surface area (Å²) >= 11 is 5.00. The van der Waals surface area contributed by atoms with Crippen molar-refractivity contribution in [1.82, 2.24) is 9.80 Å². The number of hydrogen-bond donors (Lipinski definition) is 0. The molecule has 0 atom stereocenters. The van der Waals surface area contributed by atoms with Crippen molar-refractivity contribution < 1.29 is 19.1 Å². The van der Waals surface area contributed by atoms with Crippen LogP contribution in [0.2, 0.25) is 0 Å². The maximum Gasteiger partial charge on any atom is 0.254 e. The van der Waals surface area contributed by atoms with Crippen LogP contribution in [0.5, 0.6) is 11.5 Å². The van der Waals surface area contributed by atoms with Crippen molar-refractivity contribution in [2.24, 2.45) is 0 Å². The van der Waals surface area contributed by atoms with E-state index in [4.69, 9.17) is 9.47 Å². The zero-order valence-corrected chi connectivity index (χ0v) is 20.9. The molecule has 172 valence electrons. The highest BCUT2D eigenvalue weighted by Gasteiger charge is 2.25. The third-order valence-electron chi connectivity index (χ3n) is 5.37. The minimum atomic E-state index is -0.162. The Hall–Kier alpha value is -2.84. The van der Waals surface area contributed by atoms with Gasteiger partial charge < -0.3 is 19.3 Å². The van der Waals surface area contributed by atoms with E-state index in [0.717, 1.165) is 14.9 Å². The van der Waals surface area contributed by atoms with E-state index in [-0.39, 0.29) is 31.2 Å². The van der Waals surface area contributed by atoms with Crippen LogP contribution in [0.25, 0.3) is 0 Å². The summed E-state index contributed by atoms with van der Waals surface area (Å²) in [4.78, 5) is 31.1. The van der Waals surface area contributed by atoms with Gasteiger partial charge in [0.2, 0.25) is 12.7 Å². The largest absolute Gasteiger partial charge is 0.454 e. The molecule has 1 aromatic heterocycles. The van der Waals surface area contributed by atoms with Crippen molar-refractivity contribution >= 4 is 39.1 Å². The summed E-state index contributed by atoms with van der Waals surface area (Å²) in [6.07, 6.45) is 0. The minimum Gasteiger partial charge on any atom is -0.454 e. The van der Waals surface area contributed by atoms with Gasteiger partial charge in [-0.1, -0.05) is 28.1 Å². The van der Waals surface area contributed by atoms with Crippen LogP contribution >= 0.6 is 27.3 Å². The van der Waals surface area contributed by atoms with Gasteiger partial charge in [-0.15, -0.1) is 11.3 Å². The molecule has 4 rings (SSSR count). The van der Waals surface area contributed by atoms with Crippen LogP contribution in [0.1, 0.15) is 34.6 Å². The quantitative estimate of drug-likeness (QED) is 0.397. The first kappa shape index (κ1) is 23.3. The van der Waals surface area contributed by atoms with E-state index in [9.17, 15) is 9.59 Å². The van der Waals surface area contributed by atoms with Gasteiger partial charge in [0, 0.05) is 27.5 Å². The van der Waals surface area contributed by atoms with Gasteiger partial charge in [-0.05, 0) is 67.3 Å². The van der Waals surface area contributed by atoms with Crippen LogP contribution in [0.3, 0.4) is 0 Å². The molecule has 1 aliphatic rings. The fraction of sp³-hybridized carbons (Fsp3) is 0.280. The van der Waals surface area contributed by atoms with E-state index < -0.39 is 0 Å². The number of thiophene rings is 1. The van der Waals surface area contributed by atoms with Gasteiger partial charge in [-0.3, -0.25) is 9.59 Å². The average molecular weight is 529 g/mol. The molecule has 2 heterocycles. The standard InChI is InChI=1S/C25H25BrN2O4S/c1-17(2)28(25(30)19-6-8-20(26)9-7-19)15-24(29)27(14-21-4-3-11-33-21)13-18-5-10-22-23(12-18)32-16-31-22/h3-12,17H,13-16H2,1-2H3. The molecule has 3 aromatic rings. The normalized spacial score (nSPS) is 12.1. The second-order valence-corrected chi connectivity index (χ2v) is 10.00. The smallest absolute Gasteiger partial charge is 0.254 e. The summed E-state index contributed by atoms with van der Waals surface area (Å²) in [5.41, 5.74) is 1.50. The molecule has 6 nitrogen and oxygen atoms in total. The number of rotatable bonds is 8. The fourth-order valence-corrected chi connectivity index (χ4v) is 4.56. The van der Waals surface area contributed by atoms with Gasteiger partial charge in [0.1, 0.15) is 6.54 Å². The van der Waals surface area contributed by atoms with E-state index in [0.29, 0.717) is 30.2 Å². The zero-order valence-electron chi connectivity index (χ0n) is 18.5. The van der Waals surface area contributed by atoms with Crippen molar-refractivity contribution in [2.45, 2.75) is 33.0 Å². The molecule has 0 unspecified atom stereocenters. The second kappa shape index (κ2) is 10.4. The minimum absolute atomic E-state index is 0.00247. The van der Waals surface area contributed by atoms with E-state index in [1.165, 1.54) is 0 Å². The molecule has 0 radical (unpaired) electrons. The van der Waals surface area contributed by atoms with Crippen molar-refractivity contribution in [3.63, 3.8) is 0 Å². The first-order chi connectivity index (χ1) is 15.9. The summed E-state index contributed by atoms with van der Waals surface area (Å²) in [6, 6.07) is 16.8. The van der Waals surface area contributed by atoms with E-state index >= 15 is 0 Å². The Morgan fingerprint density at radius 1 is 1.03 bits per heavy atom. The van der Waals surface area contributed by atoms with Crippen molar-refractivity contribution in [2.75, 3.05) is 13.3 Å². The molecule has 0 aliphatic carbocycles. The third kappa shape index (κ3) is 5.75. The molecule has 8 heteroatoms. The van der Waals surface area contributed by atoms with Crippen LogP contribution < -0.4 is 9.47 Å². The highest BCUT2D eigenvalue weighted by atomic mass is 79.9. The molecule has 0 bridgehead atoms. The molecule has 0 N–H and O–H groups in total. The zero-order chi connectivity index (χ0) is 23.4. The number of amides is 2. The molecule has 33 heavy (non-hydrogen) atoms. The van der Waals surface area contributed by atoms with Crippen LogP contribution in [0.15, 0.2) is 64.5 Å². The SMILES string of the molecule is CC(C)N(CC(=O)N(Cc1ccc2c(c1)OCO2)Cc1cccs1)C(=O)c1ccc(Br)cc1. The van der Waals surface area contributed by atoms with Crippen molar-refractivity contribution in [3.05, 3.63) is 80.5 Å². The number of carbonyl (C=O) groups is 2. The average Bonchev–Trinajstić information content (AvgIpc) is 3.48. The summed E-state index contributed by atoms with van der Waals surface area (Å²) in [6.45, 7) is 4.94. The maximum atomic E-state index is 13.5. The highest BCUT2D eigenvalue weighted by Crippen LogP contribution is 2.33. The number of halogens is 1. The van der Waals surface area contributed by atoms with Gasteiger partial charge in [0.05, 0.1) is 6.54 Å². The molecular formula is C25H25BrN2O4S. The van der Waals surface area contributed by atoms with Crippen molar-refractivity contribution in [1.29, 1.82) is 0 Å². The third-order valence-corrected chi connectivity index (χ3v) is 6.76. The van der Waals surface area contributed by atoms with Gasteiger partial charge in [-0.25, -0.2) is 0 Å². The van der Waals surface area contributed by atoms with Crippen LogP contribution in [-0.4, -0.2) is 41.0 Å². The van der Waals surface area contributed by atoms with Crippen LogP contribution in [-0.2, 0) is 17.9 Å². The first-order valence-electron chi connectivity index (χ1n) is 10.7. The lowest BCUT2D eigenvalue weighted by Crippen LogP contribution is -2.45. The summed E-state index contributed by atoms with van der Waals surface area (Å²) < 4.78 is 11.8. The maximum absolute atomic E-state index is 13.5. The van der Waals surface area contributed by atoms with E-state index in [2.05, 4.69) is 15.9 Å². The number of fused-ring (bicyclic) bond motifs is 1. The molecule has 0 saturated heterocycles. The Labute approximate surface area is 205 Å². The van der Waals surface area contributed by atoms with Crippen molar-refractivity contribution in [3.8, 4) is 11.5 Å². The van der Waals surface area contributed by atoms with Crippen LogP contribution in [0.4, 0.5) is 0 Å². The van der Waals surface area contributed by atoms with Gasteiger partial charge in [0.15, 0.2) is 11.5 Å². The summed E-state index contributed by atoms with van der Waals surface area (Å²) in [5.74, 6) is 1.12. The lowest BCUT2D eigenvalue weighted by molar-refractivity contribution is -0.133. The monoisotopic (exact) mass is 528 g/mol.